The monoisotopic (exact) mass is 708 g/mol. The van der Waals surface area contributed by atoms with Gasteiger partial charge in [0.15, 0.2) is 0 Å². The summed E-state index contributed by atoms with van der Waals surface area (Å²) in [6.07, 6.45) is 8.28. The molecule has 14 nitrogen and oxygen atoms in total. The van der Waals surface area contributed by atoms with Gasteiger partial charge in [-0.15, -0.1) is 0 Å². The van der Waals surface area contributed by atoms with Crippen LogP contribution in [-0.4, -0.2) is 84.2 Å². The maximum Gasteiger partial charge on any atom is 0.329 e. The number of nitrogens with zero attached hydrogens (tertiary/aromatic N) is 8. The molecule has 5 aromatic rings. The molecule has 1 aliphatic carbocycles. The van der Waals surface area contributed by atoms with Gasteiger partial charge in [-0.25, -0.2) is 19.2 Å². The van der Waals surface area contributed by atoms with Gasteiger partial charge >= 0.3 is 5.69 Å². The number of rotatable bonds is 7. The molecule has 2 N–H and O–H groups in total. The summed E-state index contributed by atoms with van der Waals surface area (Å²) < 4.78 is 20.4. The quantitative estimate of drug-likeness (QED) is 0.241. The van der Waals surface area contributed by atoms with Crippen molar-refractivity contribution in [3.05, 3.63) is 76.5 Å². The maximum absolute atomic E-state index is 15.5. The number of piperazine rings is 1. The predicted octanol–water partition coefficient (Wildman–Crippen LogP) is 3.71. The Morgan fingerprint density at radius 3 is 2.56 bits per heavy atom. The van der Waals surface area contributed by atoms with Gasteiger partial charge < -0.3 is 10.2 Å². The van der Waals surface area contributed by atoms with Gasteiger partial charge in [0.1, 0.15) is 28.9 Å². The molecule has 3 fully saturated rings. The van der Waals surface area contributed by atoms with Crippen LogP contribution in [0.4, 0.5) is 15.9 Å². The molecule has 0 radical (unpaired) electrons. The lowest BCUT2D eigenvalue weighted by Crippen LogP contribution is -2.48. The fourth-order valence-corrected chi connectivity index (χ4v) is 8.12. The van der Waals surface area contributed by atoms with Crippen molar-refractivity contribution in [3.63, 3.8) is 0 Å². The summed E-state index contributed by atoms with van der Waals surface area (Å²) in [5, 5.41) is 10.9. The van der Waals surface area contributed by atoms with E-state index < -0.39 is 23.5 Å². The number of imide groups is 1. The van der Waals surface area contributed by atoms with E-state index in [4.69, 9.17) is 5.10 Å². The van der Waals surface area contributed by atoms with Crippen LogP contribution in [0.15, 0.2) is 53.6 Å². The van der Waals surface area contributed by atoms with Crippen LogP contribution in [0, 0.1) is 18.7 Å². The Kier molecular flexibility index (Phi) is 8.81. The van der Waals surface area contributed by atoms with Crippen molar-refractivity contribution in [3.8, 4) is 0 Å². The van der Waals surface area contributed by atoms with Crippen LogP contribution in [0.25, 0.3) is 21.9 Å². The number of halogens is 1. The molecule has 2 aliphatic heterocycles. The summed E-state index contributed by atoms with van der Waals surface area (Å²) >= 11 is 0. The highest BCUT2D eigenvalue weighted by Crippen LogP contribution is 2.35. The molecule has 2 saturated heterocycles. The van der Waals surface area contributed by atoms with Crippen molar-refractivity contribution < 1.29 is 18.8 Å². The van der Waals surface area contributed by atoms with Crippen molar-refractivity contribution >= 4 is 51.2 Å². The number of hydrogen-bond acceptors (Lipinski definition) is 9. The summed E-state index contributed by atoms with van der Waals surface area (Å²) in [5.41, 5.74) is 2.82. The smallest absolute Gasteiger partial charge is 0.329 e. The van der Waals surface area contributed by atoms with Gasteiger partial charge in [-0.05, 0) is 75.3 Å². The summed E-state index contributed by atoms with van der Waals surface area (Å²) in [4.78, 5) is 63.6. The molecule has 52 heavy (non-hydrogen) atoms. The van der Waals surface area contributed by atoms with Crippen molar-refractivity contribution in [2.24, 2.45) is 13.0 Å². The standard InChI is InChI=1S/C37H41FN10O4/c1-22-4-3-5-27(40-22)35(50)41-31-18-24-21-47(43-28(24)19-39-31)25-8-6-23(7-9-25)20-45-14-16-46(17-15-45)33-26(38)10-11-29-34(33)44(2)37(52)48(29)30-12-13-32(49)42-36(30)51/h3-5,10-11,18-19,21,23,25,30H,6-9,12-17,20H2,1-2H3,(H,41,50)(H,42,49,51)/t23-,25-,30?. The summed E-state index contributed by atoms with van der Waals surface area (Å²) in [6.45, 7) is 5.59. The summed E-state index contributed by atoms with van der Waals surface area (Å²) in [6, 6.07) is 9.56. The number of hydrogen-bond donors (Lipinski definition) is 2. The number of piperidine rings is 1. The Morgan fingerprint density at radius 2 is 1.81 bits per heavy atom. The second kappa shape index (κ2) is 13.6. The average Bonchev–Trinajstić information content (AvgIpc) is 3.67. The van der Waals surface area contributed by atoms with E-state index in [1.807, 2.05) is 34.8 Å². The van der Waals surface area contributed by atoms with Crippen LogP contribution in [0.3, 0.4) is 0 Å². The minimum atomic E-state index is -0.821. The molecule has 15 heteroatoms. The number of aryl methyl sites for hydroxylation is 2. The number of benzene rings is 1. The van der Waals surface area contributed by atoms with E-state index in [-0.39, 0.29) is 30.7 Å². The zero-order valence-corrected chi connectivity index (χ0v) is 29.2. The number of carbonyl (C=O) groups excluding carboxylic acids is 3. The van der Waals surface area contributed by atoms with Gasteiger partial charge in [0.25, 0.3) is 5.91 Å². The first-order chi connectivity index (χ1) is 25.1. The molecule has 1 unspecified atom stereocenters. The van der Waals surface area contributed by atoms with Gasteiger partial charge in [-0.3, -0.25) is 38.4 Å². The predicted molar refractivity (Wildman–Crippen MR) is 193 cm³/mol. The van der Waals surface area contributed by atoms with E-state index in [1.54, 1.807) is 31.4 Å². The highest BCUT2D eigenvalue weighted by atomic mass is 19.1. The molecule has 8 rings (SSSR count). The zero-order valence-electron chi connectivity index (χ0n) is 29.2. The largest absolute Gasteiger partial charge is 0.365 e. The normalized spacial score (nSPS) is 21.5. The minimum absolute atomic E-state index is 0.145. The summed E-state index contributed by atoms with van der Waals surface area (Å²) in [7, 11) is 1.60. The van der Waals surface area contributed by atoms with Crippen LogP contribution in [0.5, 0.6) is 0 Å². The van der Waals surface area contributed by atoms with Gasteiger partial charge in [0, 0.05) is 63.5 Å². The Labute approximate surface area is 298 Å². The lowest BCUT2D eigenvalue weighted by Gasteiger charge is -2.39. The number of pyridine rings is 2. The molecule has 0 spiro atoms. The molecular weight excluding hydrogens is 667 g/mol. The molecule has 3 amide bonds. The highest BCUT2D eigenvalue weighted by Gasteiger charge is 2.34. The van der Waals surface area contributed by atoms with Crippen molar-refractivity contribution in [1.29, 1.82) is 0 Å². The van der Waals surface area contributed by atoms with Crippen LogP contribution in [0.1, 0.15) is 66.8 Å². The molecule has 6 heterocycles. The van der Waals surface area contributed by atoms with E-state index in [9.17, 15) is 19.2 Å². The van der Waals surface area contributed by atoms with Crippen LogP contribution in [0.2, 0.25) is 0 Å². The average molecular weight is 709 g/mol. The third kappa shape index (κ3) is 6.33. The lowest BCUT2D eigenvalue weighted by molar-refractivity contribution is -0.135. The molecule has 1 saturated carbocycles. The molecule has 3 aliphatic rings. The zero-order chi connectivity index (χ0) is 36.1. The van der Waals surface area contributed by atoms with Crippen LogP contribution < -0.4 is 21.2 Å². The third-order valence-corrected chi connectivity index (χ3v) is 10.9. The van der Waals surface area contributed by atoms with Crippen LogP contribution >= 0.6 is 0 Å². The third-order valence-electron chi connectivity index (χ3n) is 10.9. The highest BCUT2D eigenvalue weighted by molar-refractivity contribution is 6.03. The van der Waals surface area contributed by atoms with E-state index in [2.05, 4.69) is 25.5 Å². The van der Waals surface area contributed by atoms with Crippen LogP contribution in [-0.2, 0) is 16.6 Å². The summed E-state index contributed by atoms with van der Waals surface area (Å²) in [5.74, 6) is -0.567. The van der Waals surface area contributed by atoms with E-state index in [1.165, 1.54) is 15.2 Å². The SMILES string of the molecule is Cc1cccc(C(=O)Nc2cc3cn([C@H]4CC[C@H](CN5CCN(c6c(F)ccc7c6n(C)c(=O)n7C6CCC(=O)NC6=O)CC5)CC4)nc3cn2)n1. The topological polar surface area (TPSA) is 152 Å². The second-order valence-electron chi connectivity index (χ2n) is 14.3. The Morgan fingerprint density at radius 1 is 1.02 bits per heavy atom. The molecule has 4 aromatic heterocycles. The van der Waals surface area contributed by atoms with Gasteiger partial charge in [0.05, 0.1) is 29.0 Å². The first-order valence-electron chi connectivity index (χ1n) is 17.9. The lowest BCUT2D eigenvalue weighted by atomic mass is 9.85. The molecule has 0 bridgehead atoms. The number of carbonyl (C=O) groups is 3. The van der Waals surface area contributed by atoms with E-state index in [0.717, 1.165) is 61.9 Å². The molecule has 1 aromatic carbocycles. The maximum atomic E-state index is 15.5. The van der Waals surface area contributed by atoms with Crippen molar-refractivity contribution in [2.75, 3.05) is 42.9 Å². The Bertz CT molecular complexity index is 2260. The minimum Gasteiger partial charge on any atom is -0.365 e. The van der Waals surface area contributed by atoms with Gasteiger partial charge in [0.2, 0.25) is 11.8 Å². The number of imidazole rings is 1. The number of fused-ring (bicyclic) bond motifs is 2. The first kappa shape index (κ1) is 33.7. The Balaban J connectivity index is 0.876. The van der Waals surface area contributed by atoms with Crippen molar-refractivity contribution in [2.45, 2.75) is 57.5 Å². The van der Waals surface area contributed by atoms with Crippen molar-refractivity contribution in [1.82, 2.24) is 39.1 Å². The number of nitrogens with one attached hydrogen (secondary N) is 2. The fraction of sp³-hybridized carbons (Fsp3) is 0.432. The molecule has 270 valence electrons. The number of amides is 3. The fourth-order valence-electron chi connectivity index (χ4n) is 8.12. The Hall–Kier alpha value is -5.44. The number of aromatic nitrogens is 6. The van der Waals surface area contributed by atoms with E-state index in [0.29, 0.717) is 47.2 Å². The van der Waals surface area contributed by atoms with Gasteiger partial charge in [-0.1, -0.05) is 6.07 Å². The number of anilines is 2. The van der Waals surface area contributed by atoms with E-state index >= 15 is 4.39 Å². The van der Waals surface area contributed by atoms with Gasteiger partial charge in [-0.2, -0.15) is 5.10 Å². The molecule has 1 atom stereocenters. The molecular formula is C37H41FN10O4. The first-order valence-corrected chi connectivity index (χ1v) is 17.9. The second-order valence-corrected chi connectivity index (χ2v) is 14.3.